The van der Waals surface area contributed by atoms with Gasteiger partial charge in [0.25, 0.3) is 5.56 Å². The number of hydrogen-bond donors (Lipinski definition) is 0. The molecule has 0 bridgehead atoms. The second-order valence-electron chi connectivity index (χ2n) is 5.59. The van der Waals surface area contributed by atoms with E-state index in [9.17, 15) is 4.79 Å². The van der Waals surface area contributed by atoms with Gasteiger partial charge in [-0.2, -0.15) is 0 Å². The number of methoxy groups -OCH3 is 1. The number of rotatable bonds is 4. The predicted molar refractivity (Wildman–Crippen MR) is 105 cm³/mol. The lowest BCUT2D eigenvalue weighted by Crippen LogP contribution is -2.22. The number of fused-ring (bicyclic) bond motifs is 3. The van der Waals surface area contributed by atoms with Gasteiger partial charge in [-0.1, -0.05) is 35.1 Å². The minimum absolute atomic E-state index is 0.108. The first kappa shape index (κ1) is 16.9. The Bertz CT molecular complexity index is 1230. The van der Waals surface area contributed by atoms with Crippen molar-refractivity contribution in [2.75, 3.05) is 13.7 Å². The Morgan fingerprint density at radius 2 is 2.08 bits per heavy atom. The number of benzene rings is 2. The molecule has 0 spiro atoms. The Balaban J connectivity index is 1.92. The molecule has 0 saturated carbocycles. The van der Waals surface area contributed by atoms with Gasteiger partial charge in [-0.15, -0.1) is 0 Å². The monoisotopic (exact) mass is 386 g/mol. The van der Waals surface area contributed by atoms with Gasteiger partial charge in [0.15, 0.2) is 16.5 Å². The van der Waals surface area contributed by atoms with Crippen LogP contribution < -0.4 is 19.6 Å². The van der Waals surface area contributed by atoms with E-state index in [2.05, 4.69) is 4.98 Å². The van der Waals surface area contributed by atoms with Gasteiger partial charge in [-0.3, -0.25) is 4.79 Å². The predicted octanol–water partition coefficient (Wildman–Crippen LogP) is 3.52. The number of nitrogens with zero attached hydrogens (tertiary/aromatic N) is 2. The molecule has 0 aliphatic rings. The summed E-state index contributed by atoms with van der Waals surface area (Å²) < 4.78 is 13.1. The highest BCUT2D eigenvalue weighted by atomic mass is 35.5. The lowest BCUT2D eigenvalue weighted by molar-refractivity contribution is 0.311. The maximum Gasteiger partial charge on any atom is 0.274 e. The molecule has 2 heterocycles. The molecule has 0 radical (unpaired) electrons. The molecule has 2 aromatic heterocycles. The van der Waals surface area contributed by atoms with Gasteiger partial charge < -0.3 is 9.47 Å². The van der Waals surface area contributed by atoms with Crippen molar-refractivity contribution in [1.82, 2.24) is 9.38 Å². The summed E-state index contributed by atoms with van der Waals surface area (Å²) in [6, 6.07) is 11.1. The Hall–Kier alpha value is -2.57. The van der Waals surface area contributed by atoms with Crippen molar-refractivity contribution in [2.24, 2.45) is 0 Å². The van der Waals surface area contributed by atoms with Crippen molar-refractivity contribution in [2.45, 2.75) is 6.92 Å². The maximum absolute atomic E-state index is 12.9. The molecule has 0 saturated heterocycles. The quantitative estimate of drug-likeness (QED) is 0.538. The van der Waals surface area contributed by atoms with E-state index in [-0.39, 0.29) is 5.56 Å². The van der Waals surface area contributed by atoms with Crippen molar-refractivity contribution < 1.29 is 9.47 Å². The number of ether oxygens (including phenoxy) is 2. The van der Waals surface area contributed by atoms with Gasteiger partial charge in [0.2, 0.25) is 0 Å². The highest BCUT2D eigenvalue weighted by molar-refractivity contribution is 7.15. The minimum Gasteiger partial charge on any atom is -0.493 e. The van der Waals surface area contributed by atoms with E-state index in [1.54, 1.807) is 29.7 Å². The molecule has 26 heavy (non-hydrogen) atoms. The van der Waals surface area contributed by atoms with Gasteiger partial charge in [0, 0.05) is 6.07 Å². The molecule has 4 rings (SSSR count). The third kappa shape index (κ3) is 2.71. The molecule has 5 nitrogen and oxygen atoms in total. The van der Waals surface area contributed by atoms with Gasteiger partial charge in [0.05, 0.1) is 34.3 Å². The molecule has 0 N–H and O–H groups in total. The summed E-state index contributed by atoms with van der Waals surface area (Å²) >= 11 is 7.70. The minimum atomic E-state index is -0.108. The van der Waals surface area contributed by atoms with Crippen LogP contribution in [-0.2, 0) is 0 Å². The first-order valence-corrected chi connectivity index (χ1v) is 9.24. The summed E-state index contributed by atoms with van der Waals surface area (Å²) in [7, 11) is 1.56. The van der Waals surface area contributed by atoms with Crippen LogP contribution >= 0.6 is 22.9 Å². The summed E-state index contributed by atoms with van der Waals surface area (Å²) in [4.78, 5) is 18.0. The number of thiazole rings is 1. The molecule has 4 aromatic rings. The van der Waals surface area contributed by atoms with E-state index >= 15 is 0 Å². The fourth-order valence-corrected chi connectivity index (χ4v) is 4.03. The van der Waals surface area contributed by atoms with E-state index in [0.717, 1.165) is 11.0 Å². The summed E-state index contributed by atoms with van der Waals surface area (Å²) in [5, 5.41) is 0.487. The third-order valence-electron chi connectivity index (χ3n) is 4.01. The fourth-order valence-electron chi connectivity index (χ4n) is 2.84. The van der Waals surface area contributed by atoms with Crippen molar-refractivity contribution in [3.8, 4) is 11.5 Å². The molecule has 0 aliphatic carbocycles. The molecule has 0 aliphatic heterocycles. The van der Waals surface area contributed by atoms with Crippen molar-refractivity contribution in [1.29, 1.82) is 0 Å². The standard InChI is InChI=1S/C19H15ClN2O3S/c1-3-25-16-8-11(12(20)10-15(16)24-2)9-17-18(23)22-14-7-5-4-6-13(14)21-19(22)26-17/h4-10H,3H2,1-2H3/b17-9-. The normalized spacial score (nSPS) is 12.2. The van der Waals surface area contributed by atoms with Crippen molar-refractivity contribution in [3.05, 3.63) is 61.9 Å². The lowest BCUT2D eigenvalue weighted by atomic mass is 10.2. The van der Waals surface area contributed by atoms with E-state index in [1.165, 1.54) is 11.3 Å². The summed E-state index contributed by atoms with van der Waals surface area (Å²) in [6.07, 6.45) is 1.76. The first-order valence-electron chi connectivity index (χ1n) is 8.04. The smallest absolute Gasteiger partial charge is 0.274 e. The second kappa shape index (κ2) is 6.63. The molecular weight excluding hydrogens is 372 g/mol. The maximum atomic E-state index is 12.9. The van der Waals surface area contributed by atoms with Crippen LogP contribution in [0.4, 0.5) is 0 Å². The number of hydrogen-bond acceptors (Lipinski definition) is 5. The third-order valence-corrected chi connectivity index (χ3v) is 5.31. The molecule has 0 unspecified atom stereocenters. The zero-order valence-corrected chi connectivity index (χ0v) is 15.7. The average Bonchev–Trinajstić information content (AvgIpc) is 3.14. The first-order chi connectivity index (χ1) is 12.6. The molecule has 7 heteroatoms. The van der Waals surface area contributed by atoms with Crippen LogP contribution in [0.2, 0.25) is 5.02 Å². The zero-order chi connectivity index (χ0) is 18.3. The Morgan fingerprint density at radius 1 is 1.27 bits per heavy atom. The molecule has 0 atom stereocenters. The van der Waals surface area contributed by atoms with Crippen LogP contribution in [0.15, 0.2) is 41.2 Å². The van der Waals surface area contributed by atoms with Crippen molar-refractivity contribution >= 4 is 45.0 Å². The summed E-state index contributed by atoms with van der Waals surface area (Å²) in [6.45, 7) is 2.40. The van der Waals surface area contributed by atoms with Crippen LogP contribution in [0.3, 0.4) is 0 Å². The van der Waals surface area contributed by atoms with E-state index in [1.807, 2.05) is 31.2 Å². The Kier molecular flexibility index (Phi) is 4.30. The SMILES string of the molecule is CCOc1cc(/C=c2\sc3nc4ccccc4n3c2=O)c(Cl)cc1OC. The molecule has 2 aromatic carbocycles. The van der Waals surface area contributed by atoms with E-state index in [0.29, 0.717) is 38.2 Å². The van der Waals surface area contributed by atoms with Gasteiger partial charge >= 0.3 is 0 Å². The molecule has 0 fully saturated rings. The van der Waals surface area contributed by atoms with Crippen molar-refractivity contribution in [3.63, 3.8) is 0 Å². The van der Waals surface area contributed by atoms with E-state index in [4.69, 9.17) is 21.1 Å². The number of imidazole rings is 1. The number of para-hydroxylation sites is 2. The highest BCUT2D eigenvalue weighted by Gasteiger charge is 2.13. The summed E-state index contributed by atoms with van der Waals surface area (Å²) in [5.41, 5.74) is 2.20. The molecule has 0 amide bonds. The largest absolute Gasteiger partial charge is 0.493 e. The van der Waals surface area contributed by atoms with Gasteiger partial charge in [0.1, 0.15) is 0 Å². The Labute approximate surface area is 158 Å². The Morgan fingerprint density at radius 3 is 2.85 bits per heavy atom. The van der Waals surface area contributed by atoms with Crippen LogP contribution in [0.1, 0.15) is 12.5 Å². The highest BCUT2D eigenvalue weighted by Crippen LogP contribution is 2.33. The second-order valence-corrected chi connectivity index (χ2v) is 7.01. The van der Waals surface area contributed by atoms with E-state index < -0.39 is 0 Å². The number of aromatic nitrogens is 2. The molecular formula is C19H15ClN2O3S. The number of halogens is 1. The van der Waals surface area contributed by atoms with Gasteiger partial charge in [-0.05, 0) is 36.8 Å². The molecule has 132 valence electrons. The lowest BCUT2D eigenvalue weighted by Gasteiger charge is -2.11. The van der Waals surface area contributed by atoms with Crippen LogP contribution in [0.25, 0.3) is 22.1 Å². The van der Waals surface area contributed by atoms with Crippen LogP contribution in [0, 0.1) is 0 Å². The zero-order valence-electron chi connectivity index (χ0n) is 14.2. The topological polar surface area (TPSA) is 52.8 Å². The van der Waals surface area contributed by atoms with Crippen LogP contribution in [-0.4, -0.2) is 23.1 Å². The average molecular weight is 387 g/mol. The summed E-state index contributed by atoms with van der Waals surface area (Å²) in [5.74, 6) is 1.15. The fraction of sp³-hybridized carbons (Fsp3) is 0.158. The van der Waals surface area contributed by atoms with Gasteiger partial charge in [-0.25, -0.2) is 9.38 Å². The van der Waals surface area contributed by atoms with Crippen LogP contribution in [0.5, 0.6) is 11.5 Å².